The summed E-state index contributed by atoms with van der Waals surface area (Å²) in [4.78, 5) is 0. The van der Waals surface area contributed by atoms with Crippen LogP contribution in [-0.4, -0.2) is 18.3 Å². The Balaban J connectivity index is 2.30. The molecule has 0 N–H and O–H groups in total. The van der Waals surface area contributed by atoms with Crippen molar-refractivity contribution in [3.8, 4) is 0 Å². The third-order valence-electron chi connectivity index (χ3n) is 4.20. The minimum atomic E-state index is -0.286. The normalized spacial score (nSPS) is 27.8. The average Bonchev–Trinajstić information content (AvgIpc) is 2.35. The predicted molar refractivity (Wildman–Crippen MR) is 80.8 cm³/mol. The van der Waals surface area contributed by atoms with Crippen molar-refractivity contribution in [3.05, 3.63) is 35.3 Å². The second kappa shape index (κ2) is 4.36. The maximum Gasteiger partial charge on any atom is 0.494 e. The van der Waals surface area contributed by atoms with Crippen molar-refractivity contribution in [1.82, 2.24) is 0 Å². The largest absolute Gasteiger partial charge is 0.494 e. The summed E-state index contributed by atoms with van der Waals surface area (Å²) in [6, 6.07) is 0. The van der Waals surface area contributed by atoms with Crippen LogP contribution in [0.15, 0.2) is 35.3 Å². The monoisotopic (exact) mass is 260 g/mol. The van der Waals surface area contributed by atoms with E-state index in [1.165, 1.54) is 5.57 Å². The molecule has 2 nitrogen and oxygen atoms in total. The Kier molecular flexibility index (Phi) is 3.35. The standard InChI is InChI=1S/C16H25BO2/c1-12-8-9-13(11-14(2,3)10-12)17-18-15(4,5)16(6,7)19-17/h8-11H,1-7H3. The van der Waals surface area contributed by atoms with E-state index in [0.717, 1.165) is 5.47 Å². The molecule has 0 saturated carbocycles. The Morgan fingerprint density at radius 2 is 1.37 bits per heavy atom. The van der Waals surface area contributed by atoms with Crippen LogP contribution in [-0.2, 0) is 9.31 Å². The highest BCUT2D eigenvalue weighted by molar-refractivity contribution is 6.55. The highest BCUT2D eigenvalue weighted by Crippen LogP contribution is 2.40. The highest BCUT2D eigenvalue weighted by atomic mass is 16.7. The van der Waals surface area contributed by atoms with Crippen molar-refractivity contribution in [2.24, 2.45) is 5.41 Å². The molecule has 3 heteroatoms. The van der Waals surface area contributed by atoms with Gasteiger partial charge in [-0.3, -0.25) is 0 Å². The molecule has 1 saturated heterocycles. The SMILES string of the molecule is CC1=CC(C)(C)C=C(B2OC(C)(C)C(C)(C)O2)C=C1. The van der Waals surface area contributed by atoms with Gasteiger partial charge in [0.15, 0.2) is 0 Å². The van der Waals surface area contributed by atoms with Gasteiger partial charge < -0.3 is 9.31 Å². The lowest BCUT2D eigenvalue weighted by Gasteiger charge is -2.32. The van der Waals surface area contributed by atoms with Crippen LogP contribution in [0.3, 0.4) is 0 Å². The van der Waals surface area contributed by atoms with Crippen LogP contribution in [0, 0.1) is 5.41 Å². The van der Waals surface area contributed by atoms with Crippen molar-refractivity contribution in [3.63, 3.8) is 0 Å². The van der Waals surface area contributed by atoms with Gasteiger partial charge in [-0.15, -0.1) is 0 Å². The molecule has 0 spiro atoms. The lowest BCUT2D eigenvalue weighted by molar-refractivity contribution is 0.00578. The van der Waals surface area contributed by atoms with Gasteiger partial charge in [-0.25, -0.2) is 0 Å². The molecular weight excluding hydrogens is 235 g/mol. The van der Waals surface area contributed by atoms with E-state index in [-0.39, 0.29) is 23.7 Å². The van der Waals surface area contributed by atoms with Crippen LogP contribution in [0.25, 0.3) is 0 Å². The molecule has 0 unspecified atom stereocenters. The summed E-state index contributed by atoms with van der Waals surface area (Å²) in [5.41, 5.74) is 1.83. The van der Waals surface area contributed by atoms with Crippen LogP contribution < -0.4 is 0 Å². The highest BCUT2D eigenvalue weighted by Gasteiger charge is 2.52. The molecule has 0 radical (unpaired) electrons. The number of hydrogen-bond acceptors (Lipinski definition) is 2. The molecule has 0 atom stereocenters. The van der Waals surface area contributed by atoms with E-state index in [9.17, 15) is 0 Å². The van der Waals surface area contributed by atoms with Gasteiger partial charge in [-0.1, -0.05) is 43.7 Å². The molecule has 0 aromatic rings. The summed E-state index contributed by atoms with van der Waals surface area (Å²) in [5.74, 6) is 0. The first kappa shape index (κ1) is 14.6. The maximum atomic E-state index is 6.12. The summed E-state index contributed by atoms with van der Waals surface area (Å²) < 4.78 is 12.2. The predicted octanol–water partition coefficient (Wildman–Crippen LogP) is 4.09. The Hall–Kier alpha value is -0.795. The molecule has 2 aliphatic rings. The lowest BCUT2D eigenvalue weighted by Crippen LogP contribution is -2.41. The molecule has 0 amide bonds. The molecule has 1 aliphatic heterocycles. The smallest absolute Gasteiger partial charge is 0.399 e. The van der Waals surface area contributed by atoms with Crippen molar-refractivity contribution in [2.75, 3.05) is 0 Å². The van der Waals surface area contributed by atoms with Crippen LogP contribution in [0.2, 0.25) is 0 Å². The van der Waals surface area contributed by atoms with E-state index in [1.807, 2.05) is 0 Å². The average molecular weight is 260 g/mol. The minimum Gasteiger partial charge on any atom is -0.399 e. The molecule has 0 aromatic heterocycles. The summed E-state index contributed by atoms with van der Waals surface area (Å²) in [7, 11) is -0.278. The van der Waals surface area contributed by atoms with Gasteiger partial charge in [0.05, 0.1) is 11.2 Å². The quantitative estimate of drug-likeness (QED) is 0.661. The molecule has 0 aromatic carbocycles. The fourth-order valence-electron chi connectivity index (χ4n) is 2.51. The Morgan fingerprint density at radius 1 is 0.842 bits per heavy atom. The first-order chi connectivity index (χ1) is 8.52. The van der Waals surface area contributed by atoms with Crippen LogP contribution in [0.1, 0.15) is 48.5 Å². The molecule has 1 fully saturated rings. The van der Waals surface area contributed by atoms with Gasteiger partial charge >= 0.3 is 7.12 Å². The zero-order chi connectivity index (χ0) is 14.5. The van der Waals surface area contributed by atoms with E-state index >= 15 is 0 Å². The third-order valence-corrected chi connectivity index (χ3v) is 4.20. The summed E-state index contributed by atoms with van der Waals surface area (Å²) in [6.45, 7) is 14.9. The van der Waals surface area contributed by atoms with Crippen molar-refractivity contribution < 1.29 is 9.31 Å². The fourth-order valence-corrected chi connectivity index (χ4v) is 2.51. The molecule has 104 valence electrons. The van der Waals surface area contributed by atoms with Crippen LogP contribution >= 0.6 is 0 Å². The number of rotatable bonds is 1. The molecule has 1 heterocycles. The molecule has 1 aliphatic carbocycles. The first-order valence-electron chi connectivity index (χ1n) is 6.98. The van der Waals surface area contributed by atoms with E-state index in [2.05, 4.69) is 72.8 Å². The van der Waals surface area contributed by atoms with Gasteiger partial charge in [0.2, 0.25) is 0 Å². The third kappa shape index (κ3) is 2.87. The van der Waals surface area contributed by atoms with Crippen molar-refractivity contribution in [2.45, 2.75) is 59.7 Å². The van der Waals surface area contributed by atoms with Gasteiger partial charge in [-0.05, 0) is 40.1 Å². The Bertz CT molecular complexity index is 451. The molecule has 2 rings (SSSR count). The second-order valence-corrected chi connectivity index (χ2v) is 7.28. The zero-order valence-corrected chi connectivity index (χ0v) is 13.2. The van der Waals surface area contributed by atoms with Crippen molar-refractivity contribution in [1.29, 1.82) is 0 Å². The summed E-state index contributed by atoms with van der Waals surface area (Å²) >= 11 is 0. The Labute approximate surface area is 117 Å². The molecular formula is C16H25BO2. The summed E-state index contributed by atoms with van der Waals surface area (Å²) in [5, 5.41) is 0. The van der Waals surface area contributed by atoms with Gasteiger partial charge in [0.25, 0.3) is 0 Å². The Morgan fingerprint density at radius 3 is 1.89 bits per heavy atom. The van der Waals surface area contributed by atoms with E-state index < -0.39 is 0 Å². The molecule has 19 heavy (non-hydrogen) atoms. The molecule has 0 bridgehead atoms. The zero-order valence-electron chi connectivity index (χ0n) is 13.2. The number of allylic oxidation sites excluding steroid dienone is 6. The van der Waals surface area contributed by atoms with E-state index in [0.29, 0.717) is 0 Å². The number of hydrogen-bond donors (Lipinski definition) is 0. The van der Waals surface area contributed by atoms with Crippen molar-refractivity contribution >= 4 is 7.12 Å². The lowest BCUT2D eigenvalue weighted by atomic mass is 9.74. The maximum absolute atomic E-state index is 6.12. The second-order valence-electron chi connectivity index (χ2n) is 7.28. The first-order valence-corrected chi connectivity index (χ1v) is 6.98. The van der Waals surface area contributed by atoms with E-state index in [1.54, 1.807) is 0 Å². The fraction of sp³-hybridized carbons (Fsp3) is 0.625. The van der Waals surface area contributed by atoms with E-state index in [4.69, 9.17) is 9.31 Å². The van der Waals surface area contributed by atoms with Gasteiger partial charge in [-0.2, -0.15) is 0 Å². The van der Waals surface area contributed by atoms with Gasteiger partial charge in [0, 0.05) is 5.41 Å². The van der Waals surface area contributed by atoms with Gasteiger partial charge in [0.1, 0.15) is 0 Å². The topological polar surface area (TPSA) is 18.5 Å². The minimum absolute atomic E-state index is 0.0203. The summed E-state index contributed by atoms with van der Waals surface area (Å²) in [6.07, 6.45) is 8.75. The van der Waals surface area contributed by atoms with Crippen LogP contribution in [0.5, 0.6) is 0 Å². The van der Waals surface area contributed by atoms with Crippen LogP contribution in [0.4, 0.5) is 0 Å².